The van der Waals surface area contributed by atoms with Crippen molar-refractivity contribution in [3.05, 3.63) is 18.0 Å². The number of piperidine rings is 1. The van der Waals surface area contributed by atoms with Gasteiger partial charge in [0, 0.05) is 31.0 Å². The first kappa shape index (κ1) is 14.2. The van der Waals surface area contributed by atoms with Crippen LogP contribution in [0.3, 0.4) is 0 Å². The summed E-state index contributed by atoms with van der Waals surface area (Å²) >= 11 is 0. The minimum Gasteiger partial charge on any atom is -0.394 e. The fourth-order valence-corrected chi connectivity index (χ4v) is 2.45. The minimum absolute atomic E-state index is 0.179. The van der Waals surface area contributed by atoms with Crippen LogP contribution in [-0.4, -0.2) is 40.8 Å². The lowest BCUT2D eigenvalue weighted by molar-refractivity contribution is 0.239. The highest BCUT2D eigenvalue weighted by molar-refractivity contribution is 5.32. The van der Waals surface area contributed by atoms with E-state index in [0.29, 0.717) is 0 Å². The second-order valence-corrected chi connectivity index (χ2v) is 5.09. The Morgan fingerprint density at radius 1 is 1.37 bits per heavy atom. The molecule has 5 heteroatoms. The Labute approximate surface area is 115 Å². The molecule has 0 saturated carbocycles. The van der Waals surface area contributed by atoms with Gasteiger partial charge >= 0.3 is 0 Å². The molecule has 0 spiro atoms. The summed E-state index contributed by atoms with van der Waals surface area (Å²) in [6.45, 7) is 5.11. The van der Waals surface area contributed by atoms with Crippen LogP contribution >= 0.6 is 0 Å². The Bertz CT molecular complexity index is 368. The van der Waals surface area contributed by atoms with Crippen molar-refractivity contribution in [2.75, 3.05) is 24.6 Å². The van der Waals surface area contributed by atoms with Gasteiger partial charge in [0.05, 0.1) is 12.6 Å². The molecule has 5 nitrogen and oxygen atoms in total. The van der Waals surface area contributed by atoms with Crippen LogP contribution in [0, 0.1) is 0 Å². The molecule has 0 amide bonds. The van der Waals surface area contributed by atoms with Gasteiger partial charge in [-0.15, -0.1) is 0 Å². The van der Waals surface area contributed by atoms with Gasteiger partial charge in [-0.3, -0.25) is 0 Å². The molecule has 1 aromatic heterocycles. The lowest BCUT2D eigenvalue weighted by atomic mass is 10.0. The van der Waals surface area contributed by atoms with E-state index in [1.54, 1.807) is 0 Å². The number of rotatable bonds is 6. The second-order valence-electron chi connectivity index (χ2n) is 5.09. The summed E-state index contributed by atoms with van der Waals surface area (Å²) < 4.78 is 0. The van der Waals surface area contributed by atoms with Crippen molar-refractivity contribution in [1.82, 2.24) is 15.3 Å². The van der Waals surface area contributed by atoms with Crippen molar-refractivity contribution in [3.63, 3.8) is 0 Å². The van der Waals surface area contributed by atoms with Crippen molar-refractivity contribution in [2.24, 2.45) is 0 Å². The zero-order valence-electron chi connectivity index (χ0n) is 11.7. The number of aliphatic hydroxyl groups is 1. The van der Waals surface area contributed by atoms with Gasteiger partial charge in [-0.2, -0.15) is 0 Å². The minimum atomic E-state index is 0.179. The largest absolute Gasteiger partial charge is 0.394 e. The van der Waals surface area contributed by atoms with Gasteiger partial charge in [0.2, 0.25) is 5.95 Å². The molecule has 0 aromatic carbocycles. The molecule has 1 fully saturated rings. The van der Waals surface area contributed by atoms with E-state index in [1.165, 1.54) is 6.42 Å². The van der Waals surface area contributed by atoms with Crippen LogP contribution in [0.25, 0.3) is 0 Å². The molecule has 1 aliphatic rings. The molecule has 1 aromatic rings. The monoisotopic (exact) mass is 264 g/mol. The van der Waals surface area contributed by atoms with E-state index in [0.717, 1.165) is 50.4 Å². The van der Waals surface area contributed by atoms with E-state index in [-0.39, 0.29) is 12.6 Å². The third-order valence-corrected chi connectivity index (χ3v) is 3.54. The summed E-state index contributed by atoms with van der Waals surface area (Å²) in [7, 11) is 0. The van der Waals surface area contributed by atoms with E-state index in [9.17, 15) is 5.11 Å². The van der Waals surface area contributed by atoms with E-state index in [2.05, 4.69) is 27.1 Å². The van der Waals surface area contributed by atoms with Crippen molar-refractivity contribution in [2.45, 2.75) is 45.2 Å². The van der Waals surface area contributed by atoms with E-state index in [4.69, 9.17) is 0 Å². The Balaban J connectivity index is 1.96. The normalized spacial score (nSPS) is 19.7. The molecule has 1 aliphatic heterocycles. The van der Waals surface area contributed by atoms with Crippen molar-refractivity contribution in [3.8, 4) is 0 Å². The Morgan fingerprint density at radius 3 is 2.84 bits per heavy atom. The van der Waals surface area contributed by atoms with Gasteiger partial charge in [-0.1, -0.05) is 6.92 Å². The molecule has 19 heavy (non-hydrogen) atoms. The topological polar surface area (TPSA) is 61.3 Å². The van der Waals surface area contributed by atoms with Crippen LogP contribution in [0.5, 0.6) is 0 Å². The molecular weight excluding hydrogens is 240 g/mol. The van der Waals surface area contributed by atoms with E-state index < -0.39 is 0 Å². The second kappa shape index (κ2) is 7.40. The summed E-state index contributed by atoms with van der Waals surface area (Å²) in [6, 6.07) is 0.179. The van der Waals surface area contributed by atoms with Gasteiger partial charge in [-0.25, -0.2) is 9.97 Å². The molecule has 1 atom stereocenters. The van der Waals surface area contributed by atoms with Crippen molar-refractivity contribution >= 4 is 5.95 Å². The van der Waals surface area contributed by atoms with Crippen LogP contribution in [-0.2, 0) is 6.54 Å². The SMILES string of the molecule is CCCNCc1cnc(N2CCCCC2CO)nc1. The fraction of sp³-hybridized carbons (Fsp3) is 0.714. The molecule has 0 radical (unpaired) electrons. The van der Waals surface area contributed by atoms with E-state index >= 15 is 0 Å². The molecule has 2 heterocycles. The number of nitrogens with one attached hydrogen (secondary N) is 1. The van der Waals surface area contributed by atoms with Gasteiger partial charge in [-0.05, 0) is 32.2 Å². The van der Waals surface area contributed by atoms with Crippen LogP contribution in [0.2, 0.25) is 0 Å². The first-order chi connectivity index (χ1) is 9.35. The lowest BCUT2D eigenvalue weighted by Gasteiger charge is -2.34. The Kier molecular flexibility index (Phi) is 5.54. The van der Waals surface area contributed by atoms with Crippen LogP contribution in [0.4, 0.5) is 5.95 Å². The zero-order chi connectivity index (χ0) is 13.5. The van der Waals surface area contributed by atoms with Gasteiger partial charge in [0.25, 0.3) is 0 Å². The smallest absolute Gasteiger partial charge is 0.225 e. The third-order valence-electron chi connectivity index (χ3n) is 3.54. The maximum absolute atomic E-state index is 9.41. The highest BCUT2D eigenvalue weighted by Crippen LogP contribution is 2.21. The van der Waals surface area contributed by atoms with Crippen molar-refractivity contribution < 1.29 is 5.11 Å². The third kappa shape index (κ3) is 3.88. The average Bonchev–Trinajstić information content (AvgIpc) is 2.48. The highest BCUT2D eigenvalue weighted by Gasteiger charge is 2.23. The lowest BCUT2D eigenvalue weighted by Crippen LogP contribution is -2.42. The number of aliphatic hydroxyl groups excluding tert-OH is 1. The molecular formula is C14H24N4O. The first-order valence-electron chi connectivity index (χ1n) is 7.24. The molecule has 106 valence electrons. The van der Waals surface area contributed by atoms with E-state index in [1.807, 2.05) is 12.4 Å². The highest BCUT2D eigenvalue weighted by atomic mass is 16.3. The quantitative estimate of drug-likeness (QED) is 0.759. The summed E-state index contributed by atoms with van der Waals surface area (Å²) in [5, 5.41) is 12.8. The molecule has 1 saturated heterocycles. The summed E-state index contributed by atoms with van der Waals surface area (Å²) in [5.41, 5.74) is 1.11. The Hall–Kier alpha value is -1.20. The number of hydrogen-bond donors (Lipinski definition) is 2. The average molecular weight is 264 g/mol. The Morgan fingerprint density at radius 2 is 2.16 bits per heavy atom. The zero-order valence-corrected chi connectivity index (χ0v) is 11.7. The van der Waals surface area contributed by atoms with Crippen LogP contribution in [0.15, 0.2) is 12.4 Å². The summed E-state index contributed by atoms with van der Waals surface area (Å²) in [4.78, 5) is 11.0. The summed E-state index contributed by atoms with van der Waals surface area (Å²) in [6.07, 6.45) is 8.26. The predicted octanol–water partition coefficient (Wildman–Crippen LogP) is 1.33. The predicted molar refractivity (Wildman–Crippen MR) is 76.1 cm³/mol. The first-order valence-corrected chi connectivity index (χ1v) is 7.24. The van der Waals surface area contributed by atoms with Crippen LogP contribution in [0.1, 0.15) is 38.2 Å². The number of anilines is 1. The maximum atomic E-state index is 9.41. The molecule has 1 unspecified atom stereocenters. The van der Waals surface area contributed by atoms with Gasteiger partial charge in [0.15, 0.2) is 0 Å². The van der Waals surface area contributed by atoms with Gasteiger partial charge in [0.1, 0.15) is 0 Å². The molecule has 2 N–H and O–H groups in total. The van der Waals surface area contributed by atoms with Crippen molar-refractivity contribution in [1.29, 1.82) is 0 Å². The fourth-order valence-electron chi connectivity index (χ4n) is 2.45. The maximum Gasteiger partial charge on any atom is 0.225 e. The standard InChI is InChI=1S/C14H24N4O/c1-2-6-15-8-12-9-16-14(17-10-12)18-7-4-3-5-13(18)11-19/h9-10,13,15,19H,2-8,11H2,1H3. The molecule has 0 aliphatic carbocycles. The van der Waals surface area contributed by atoms with Crippen LogP contribution < -0.4 is 10.2 Å². The molecule has 2 rings (SSSR count). The number of hydrogen-bond acceptors (Lipinski definition) is 5. The molecule has 0 bridgehead atoms. The van der Waals surface area contributed by atoms with Gasteiger partial charge < -0.3 is 15.3 Å². The summed E-state index contributed by atoms with van der Waals surface area (Å²) in [5.74, 6) is 0.748. The number of nitrogens with zero attached hydrogens (tertiary/aromatic N) is 3. The number of aromatic nitrogens is 2.